The van der Waals surface area contributed by atoms with Crippen molar-refractivity contribution in [2.75, 3.05) is 0 Å². The van der Waals surface area contributed by atoms with Gasteiger partial charge in [-0.3, -0.25) is 0 Å². The first kappa shape index (κ1) is 7.20. The molecule has 0 fully saturated rings. The number of nitrogens with one attached hydrogen (secondary N) is 1. The molecule has 1 rings (SSSR count). The lowest BCUT2D eigenvalue weighted by Gasteiger charge is -1.92. The van der Waals surface area contributed by atoms with Gasteiger partial charge < -0.3 is 10.5 Å². The fourth-order valence-electron chi connectivity index (χ4n) is 0.406. The van der Waals surface area contributed by atoms with Crippen molar-refractivity contribution < 1.29 is 5.21 Å². The first-order valence-corrected chi connectivity index (χ1v) is 2.32. The van der Waals surface area contributed by atoms with Gasteiger partial charge in [-0.15, -0.1) is 0 Å². The Morgan fingerprint density at radius 1 is 1.25 bits per heavy atom. The molecule has 0 unspecified atom stereocenters. The first-order chi connectivity index (χ1) is 4.00. The molecule has 0 aromatic rings. The minimum Gasteiger partial charge on any atom is -0.368 e. The molecule has 4 N–H and O–H groups in total. The van der Waals surface area contributed by atoms with Gasteiger partial charge in [-0.25, -0.2) is 5.90 Å². The monoisotopic (exact) mass is 114 g/mol. The number of hydrogen-bond acceptors (Lipinski definition) is 3. The zero-order valence-corrected chi connectivity index (χ0v) is 4.54. The van der Waals surface area contributed by atoms with Gasteiger partial charge in [0, 0.05) is 0 Å². The van der Waals surface area contributed by atoms with E-state index >= 15 is 0 Å². The molecule has 1 aliphatic rings. The van der Waals surface area contributed by atoms with Crippen LogP contribution >= 0.6 is 0 Å². The fourth-order valence-corrected chi connectivity index (χ4v) is 0.406. The van der Waals surface area contributed by atoms with E-state index in [1.807, 2.05) is 12.4 Å². The predicted octanol–water partition coefficient (Wildman–Crippen LogP) is 0.341. The van der Waals surface area contributed by atoms with Crippen LogP contribution in [0.3, 0.4) is 0 Å². The third-order valence-corrected chi connectivity index (χ3v) is 0.700. The Bertz CT molecular complexity index is 68.4. The molecule has 3 nitrogen and oxygen atoms in total. The molecular formula is C5H10N2O. The van der Waals surface area contributed by atoms with Gasteiger partial charge in [0.1, 0.15) is 0 Å². The highest BCUT2D eigenvalue weighted by Crippen LogP contribution is 1.86. The molecule has 0 bridgehead atoms. The normalized spacial score (nSPS) is 13.8. The minimum absolute atomic E-state index is 1.08. The van der Waals surface area contributed by atoms with E-state index in [9.17, 15) is 0 Å². The quantitative estimate of drug-likeness (QED) is 0.398. The van der Waals surface area contributed by atoms with E-state index in [-0.39, 0.29) is 0 Å². The van der Waals surface area contributed by atoms with Crippen LogP contribution in [-0.4, -0.2) is 5.21 Å². The summed E-state index contributed by atoms with van der Waals surface area (Å²) < 4.78 is 0. The van der Waals surface area contributed by atoms with Gasteiger partial charge in [-0.05, 0) is 18.8 Å². The highest BCUT2D eigenvalue weighted by Gasteiger charge is 1.73. The van der Waals surface area contributed by atoms with Crippen molar-refractivity contribution in [3.05, 3.63) is 24.6 Å². The molecule has 0 spiro atoms. The van der Waals surface area contributed by atoms with Gasteiger partial charge in [-0.2, -0.15) is 0 Å². The van der Waals surface area contributed by atoms with Crippen LogP contribution in [0, 0.1) is 0 Å². The molecule has 0 amide bonds. The minimum atomic E-state index is 1.08. The summed E-state index contributed by atoms with van der Waals surface area (Å²) in [4.78, 5) is 0. The average Bonchev–Trinajstić information content (AvgIpc) is 1.96. The summed E-state index contributed by atoms with van der Waals surface area (Å²) in [6.07, 6.45) is 9.08. The second kappa shape index (κ2) is 6.20. The Hall–Kier alpha value is -0.800. The van der Waals surface area contributed by atoms with Gasteiger partial charge in [0.05, 0.1) is 0 Å². The zero-order valence-electron chi connectivity index (χ0n) is 4.54. The highest BCUT2D eigenvalue weighted by atomic mass is 16.4. The smallest absolute Gasteiger partial charge is 0.00326 e. The number of nitrogens with two attached hydrogens (primary N) is 1. The number of dihydropyridines is 1. The summed E-state index contributed by atoms with van der Waals surface area (Å²) in [5, 5.41) is 9.42. The molecule has 0 radical (unpaired) electrons. The molecule has 0 aromatic carbocycles. The van der Waals surface area contributed by atoms with Crippen molar-refractivity contribution in [2.45, 2.75) is 6.42 Å². The molecule has 8 heavy (non-hydrogen) atoms. The molecule has 1 aliphatic heterocycles. The van der Waals surface area contributed by atoms with E-state index in [4.69, 9.17) is 5.21 Å². The topological polar surface area (TPSA) is 58.3 Å². The number of rotatable bonds is 0. The molecular weight excluding hydrogens is 104 g/mol. The molecule has 0 saturated heterocycles. The predicted molar refractivity (Wildman–Crippen MR) is 32.0 cm³/mol. The maximum Gasteiger partial charge on any atom is -0.00326 e. The lowest BCUT2D eigenvalue weighted by atomic mass is 10.4. The van der Waals surface area contributed by atoms with Crippen LogP contribution in [0.1, 0.15) is 6.42 Å². The van der Waals surface area contributed by atoms with Crippen LogP contribution in [0.5, 0.6) is 0 Å². The van der Waals surface area contributed by atoms with Gasteiger partial charge in [0.15, 0.2) is 0 Å². The van der Waals surface area contributed by atoms with E-state index < -0.39 is 0 Å². The van der Waals surface area contributed by atoms with Crippen molar-refractivity contribution in [2.24, 2.45) is 5.90 Å². The van der Waals surface area contributed by atoms with E-state index in [0.29, 0.717) is 0 Å². The Labute approximate surface area is 48.5 Å². The van der Waals surface area contributed by atoms with Gasteiger partial charge in [0.25, 0.3) is 0 Å². The van der Waals surface area contributed by atoms with Gasteiger partial charge >= 0.3 is 0 Å². The Morgan fingerprint density at radius 3 is 1.88 bits per heavy atom. The van der Waals surface area contributed by atoms with E-state index in [2.05, 4.69) is 23.4 Å². The Kier molecular flexibility index (Phi) is 5.58. The lowest BCUT2D eigenvalue weighted by molar-refractivity contribution is 0.311. The largest absolute Gasteiger partial charge is 0.368 e. The Morgan fingerprint density at radius 2 is 1.75 bits per heavy atom. The summed E-state index contributed by atoms with van der Waals surface area (Å²) in [7, 11) is 0. The van der Waals surface area contributed by atoms with Gasteiger partial charge in [-0.1, -0.05) is 12.2 Å². The SMILES string of the molecule is C1=CNC=CC1.NO. The summed E-state index contributed by atoms with van der Waals surface area (Å²) in [5.74, 6) is 3.50. The third kappa shape index (κ3) is 3.39. The van der Waals surface area contributed by atoms with E-state index in [1.54, 1.807) is 0 Å². The Balaban J connectivity index is 0.000000222. The number of allylic oxidation sites excluding steroid dienone is 2. The molecule has 1 heterocycles. The molecule has 0 aromatic heterocycles. The van der Waals surface area contributed by atoms with E-state index in [0.717, 1.165) is 6.42 Å². The van der Waals surface area contributed by atoms with Crippen LogP contribution in [0.4, 0.5) is 0 Å². The molecule has 0 atom stereocenters. The van der Waals surface area contributed by atoms with Crippen molar-refractivity contribution in [1.29, 1.82) is 0 Å². The standard InChI is InChI=1S/C5H7N.H3NO/c1-2-4-6-5-3-1;1-2/h2-6H,1H2;2H,1H2. The fraction of sp³-hybridized carbons (Fsp3) is 0.200. The van der Waals surface area contributed by atoms with Crippen molar-refractivity contribution in [1.82, 2.24) is 5.32 Å². The maximum atomic E-state index is 6.50. The first-order valence-electron chi connectivity index (χ1n) is 2.32. The zero-order chi connectivity index (χ0) is 6.24. The van der Waals surface area contributed by atoms with Crippen LogP contribution < -0.4 is 11.2 Å². The van der Waals surface area contributed by atoms with Gasteiger partial charge in [0.2, 0.25) is 0 Å². The summed E-state index contributed by atoms with van der Waals surface area (Å²) >= 11 is 0. The van der Waals surface area contributed by atoms with Crippen LogP contribution in [0.2, 0.25) is 0 Å². The third-order valence-electron chi connectivity index (χ3n) is 0.700. The lowest BCUT2D eigenvalue weighted by Crippen LogP contribution is -1.93. The highest BCUT2D eigenvalue weighted by molar-refractivity contribution is 4.98. The van der Waals surface area contributed by atoms with Crippen molar-refractivity contribution >= 4 is 0 Å². The van der Waals surface area contributed by atoms with Crippen LogP contribution in [0.25, 0.3) is 0 Å². The van der Waals surface area contributed by atoms with Crippen molar-refractivity contribution in [3.8, 4) is 0 Å². The second-order valence-electron chi connectivity index (χ2n) is 1.21. The molecule has 46 valence electrons. The second-order valence-corrected chi connectivity index (χ2v) is 1.21. The molecule has 0 aliphatic carbocycles. The molecule has 0 saturated carbocycles. The van der Waals surface area contributed by atoms with Crippen molar-refractivity contribution in [3.63, 3.8) is 0 Å². The van der Waals surface area contributed by atoms with Crippen LogP contribution in [-0.2, 0) is 0 Å². The van der Waals surface area contributed by atoms with Crippen LogP contribution in [0.15, 0.2) is 24.6 Å². The van der Waals surface area contributed by atoms with E-state index in [1.165, 1.54) is 0 Å². The summed E-state index contributed by atoms with van der Waals surface area (Å²) in [6.45, 7) is 0. The molecule has 3 heteroatoms. The summed E-state index contributed by atoms with van der Waals surface area (Å²) in [5.41, 5.74) is 0. The summed E-state index contributed by atoms with van der Waals surface area (Å²) in [6, 6.07) is 0. The maximum absolute atomic E-state index is 6.50. The number of hydrogen-bond donors (Lipinski definition) is 3. The average molecular weight is 114 g/mol.